The topological polar surface area (TPSA) is 114 Å². The zero-order valence-corrected chi connectivity index (χ0v) is 24.2. The summed E-state index contributed by atoms with van der Waals surface area (Å²) in [6.07, 6.45) is 11.0. The number of halogens is 1. The zero-order chi connectivity index (χ0) is 29.5. The first-order valence-electron chi connectivity index (χ1n) is 14.1. The van der Waals surface area contributed by atoms with Crippen molar-refractivity contribution < 1.29 is 4.39 Å². The molecule has 11 heteroatoms. The van der Waals surface area contributed by atoms with E-state index in [4.69, 9.17) is 4.98 Å². The molecule has 0 amide bonds. The Kier molecular flexibility index (Phi) is 6.95. The predicted molar refractivity (Wildman–Crippen MR) is 165 cm³/mol. The van der Waals surface area contributed by atoms with Crippen LogP contribution in [0.4, 0.5) is 15.8 Å². The summed E-state index contributed by atoms with van der Waals surface area (Å²) in [7, 11) is 2.06. The van der Waals surface area contributed by atoms with E-state index >= 15 is 0 Å². The summed E-state index contributed by atoms with van der Waals surface area (Å²) in [6.45, 7) is 7.09. The smallest absolute Gasteiger partial charge is 0.148 e. The lowest BCUT2D eigenvalue weighted by molar-refractivity contribution is 0.260. The third kappa shape index (κ3) is 5.45. The number of hydrogen-bond acceptors (Lipinski definition) is 9. The molecule has 1 fully saturated rings. The minimum Gasteiger partial charge on any atom is -0.383 e. The highest BCUT2D eigenvalue weighted by atomic mass is 19.1. The van der Waals surface area contributed by atoms with Crippen molar-refractivity contribution in [1.82, 2.24) is 30.9 Å². The van der Waals surface area contributed by atoms with Gasteiger partial charge in [-0.25, -0.2) is 14.4 Å². The molecule has 1 unspecified atom stereocenters. The van der Waals surface area contributed by atoms with Gasteiger partial charge in [-0.1, -0.05) is 32.9 Å². The molecule has 4 aromatic rings. The normalized spacial score (nSPS) is 16.4. The molecule has 0 saturated heterocycles. The van der Waals surface area contributed by atoms with Gasteiger partial charge in [0.15, 0.2) is 0 Å². The number of nitrogens with one attached hydrogen (secondary N) is 4. The third-order valence-electron chi connectivity index (χ3n) is 7.64. The van der Waals surface area contributed by atoms with Gasteiger partial charge in [-0.15, -0.1) is 5.53 Å². The van der Waals surface area contributed by atoms with E-state index in [0.717, 1.165) is 57.5 Å². The standard InChI is InChI=1S/C31H33BFN9/c1-30(2,3)17-38-28-19(12-34)15-37-29-25(20-13-35-18-36-14-20)10-23(11-26(28)29)39-31(32,21-4-6-22(33)7-5-21)27-16-42(41-40-27)24-8-9-24/h4-7,10-11,13-16,18,24,39-41H,8-9,17,32H2,1-3H3,(H,37,38). The third-order valence-corrected chi connectivity index (χ3v) is 7.64. The highest BCUT2D eigenvalue weighted by Crippen LogP contribution is 2.39. The molecule has 1 saturated carbocycles. The van der Waals surface area contributed by atoms with Crippen LogP contribution in [0.3, 0.4) is 0 Å². The highest BCUT2D eigenvalue weighted by molar-refractivity contribution is 6.19. The Morgan fingerprint density at radius 2 is 1.86 bits per heavy atom. The second kappa shape index (κ2) is 10.6. The zero-order valence-electron chi connectivity index (χ0n) is 24.2. The quantitative estimate of drug-likeness (QED) is 0.233. The Bertz CT molecular complexity index is 1690. The van der Waals surface area contributed by atoms with Crippen LogP contribution in [-0.4, -0.2) is 40.4 Å². The van der Waals surface area contributed by atoms with E-state index in [1.807, 2.05) is 12.1 Å². The lowest BCUT2D eigenvalue weighted by Crippen LogP contribution is -2.45. The van der Waals surface area contributed by atoms with Gasteiger partial charge in [0, 0.05) is 59.6 Å². The fourth-order valence-corrected chi connectivity index (χ4v) is 5.16. The van der Waals surface area contributed by atoms with Gasteiger partial charge in [0.1, 0.15) is 26.1 Å². The van der Waals surface area contributed by atoms with Crippen molar-refractivity contribution in [2.75, 3.05) is 17.2 Å². The minimum atomic E-state index is -0.776. The molecule has 9 nitrogen and oxygen atoms in total. The number of nitriles is 1. The van der Waals surface area contributed by atoms with E-state index in [1.165, 1.54) is 18.5 Å². The molecule has 1 atom stereocenters. The first-order chi connectivity index (χ1) is 20.1. The molecule has 3 heterocycles. The lowest BCUT2D eigenvalue weighted by atomic mass is 9.69. The molecule has 42 heavy (non-hydrogen) atoms. The van der Waals surface area contributed by atoms with E-state index in [9.17, 15) is 9.65 Å². The van der Waals surface area contributed by atoms with Crippen LogP contribution in [0.5, 0.6) is 0 Å². The molecule has 2 aliphatic rings. The van der Waals surface area contributed by atoms with Crippen LogP contribution < -0.4 is 21.6 Å². The monoisotopic (exact) mass is 561 g/mol. The fraction of sp³-hybridized carbons (Fsp3) is 0.290. The predicted octanol–water partition coefficient (Wildman–Crippen LogP) is 4.39. The summed E-state index contributed by atoms with van der Waals surface area (Å²) in [5, 5.41) is 20.2. The first kappa shape index (κ1) is 27.5. The Hall–Kier alpha value is -4.69. The van der Waals surface area contributed by atoms with Crippen molar-refractivity contribution in [1.29, 1.82) is 5.26 Å². The SMILES string of the molecule is BC(Nc1cc(-c2cncnc2)c2ncc(C#N)c(NCC(C)(C)C)c2c1)(C1=CN(C2CC2)NN1)c1ccc(F)cc1. The molecule has 4 N–H and O–H groups in total. The molecule has 0 spiro atoms. The van der Waals surface area contributed by atoms with E-state index in [2.05, 4.69) is 77.5 Å². The summed E-state index contributed by atoms with van der Waals surface area (Å²) in [6, 6.07) is 13.3. The Balaban J connectivity index is 1.53. The Labute approximate surface area is 245 Å². The number of hydrazine groups is 2. The average Bonchev–Trinajstić information content (AvgIpc) is 3.71. The Morgan fingerprint density at radius 1 is 1.12 bits per heavy atom. The van der Waals surface area contributed by atoms with Crippen molar-refractivity contribution in [3.05, 3.63) is 90.2 Å². The Morgan fingerprint density at radius 3 is 2.52 bits per heavy atom. The maximum Gasteiger partial charge on any atom is 0.148 e. The summed E-state index contributed by atoms with van der Waals surface area (Å²) < 4.78 is 14.0. The first-order valence-corrected chi connectivity index (χ1v) is 14.1. The van der Waals surface area contributed by atoms with Gasteiger partial charge < -0.3 is 16.1 Å². The van der Waals surface area contributed by atoms with E-state index < -0.39 is 5.44 Å². The summed E-state index contributed by atoms with van der Waals surface area (Å²) >= 11 is 0. The van der Waals surface area contributed by atoms with Crippen LogP contribution in [0.25, 0.3) is 22.0 Å². The highest BCUT2D eigenvalue weighted by Gasteiger charge is 2.38. The molecule has 0 radical (unpaired) electrons. The number of nitrogens with zero attached hydrogens (tertiary/aromatic N) is 5. The molecule has 0 bridgehead atoms. The van der Waals surface area contributed by atoms with Gasteiger partial charge in [0.05, 0.1) is 27.9 Å². The van der Waals surface area contributed by atoms with Gasteiger partial charge in [0.2, 0.25) is 0 Å². The van der Waals surface area contributed by atoms with Crippen molar-refractivity contribution in [3.8, 4) is 17.2 Å². The number of rotatable bonds is 8. The maximum atomic E-state index is 14.0. The van der Waals surface area contributed by atoms with Crippen molar-refractivity contribution >= 4 is 30.1 Å². The van der Waals surface area contributed by atoms with Gasteiger partial charge in [0.25, 0.3) is 0 Å². The fourth-order valence-electron chi connectivity index (χ4n) is 5.16. The number of aromatic nitrogens is 3. The largest absolute Gasteiger partial charge is 0.383 e. The summed E-state index contributed by atoms with van der Waals surface area (Å²) in [5.74, 6) is -0.297. The van der Waals surface area contributed by atoms with Crippen LogP contribution in [0, 0.1) is 22.6 Å². The van der Waals surface area contributed by atoms with E-state index in [1.54, 1.807) is 30.7 Å². The number of benzene rings is 2. The molecular weight excluding hydrogens is 528 g/mol. The second-order valence-electron chi connectivity index (χ2n) is 12.3. The molecule has 1 aliphatic heterocycles. The lowest BCUT2D eigenvalue weighted by Gasteiger charge is -2.34. The number of pyridine rings is 1. The van der Waals surface area contributed by atoms with Gasteiger partial charge in [-0.05, 0) is 48.1 Å². The van der Waals surface area contributed by atoms with Crippen molar-refractivity contribution in [2.45, 2.75) is 45.1 Å². The second-order valence-corrected chi connectivity index (χ2v) is 12.3. The molecule has 6 rings (SSSR count). The summed E-state index contributed by atoms with van der Waals surface area (Å²) in [4.78, 5) is 13.2. The van der Waals surface area contributed by atoms with Crippen LogP contribution in [0.15, 0.2) is 73.2 Å². The molecule has 2 aromatic heterocycles. The molecule has 2 aromatic carbocycles. The van der Waals surface area contributed by atoms with E-state index in [-0.39, 0.29) is 11.2 Å². The minimum absolute atomic E-state index is 0.0174. The number of fused-ring (bicyclic) bond motifs is 1. The maximum absolute atomic E-state index is 14.0. The molecule has 1 aliphatic carbocycles. The molecule has 212 valence electrons. The summed E-state index contributed by atoms with van der Waals surface area (Å²) in [5.41, 5.74) is 11.9. The average molecular weight is 561 g/mol. The molecular formula is C31H33BFN9. The van der Waals surface area contributed by atoms with Gasteiger partial charge in [-0.2, -0.15) is 5.26 Å². The van der Waals surface area contributed by atoms with Crippen LogP contribution >= 0.6 is 0 Å². The number of anilines is 2. The van der Waals surface area contributed by atoms with Crippen molar-refractivity contribution in [2.24, 2.45) is 5.41 Å². The van der Waals surface area contributed by atoms with Crippen LogP contribution in [0.2, 0.25) is 0 Å². The van der Waals surface area contributed by atoms with Gasteiger partial charge >= 0.3 is 0 Å². The van der Waals surface area contributed by atoms with Gasteiger partial charge in [-0.3, -0.25) is 9.99 Å². The van der Waals surface area contributed by atoms with E-state index in [0.29, 0.717) is 18.2 Å². The van der Waals surface area contributed by atoms with Crippen molar-refractivity contribution in [3.63, 3.8) is 0 Å². The van der Waals surface area contributed by atoms with Crippen LogP contribution in [-0.2, 0) is 5.44 Å². The number of hydrogen-bond donors (Lipinski definition) is 4. The van der Waals surface area contributed by atoms with Crippen LogP contribution in [0.1, 0.15) is 44.7 Å².